The summed E-state index contributed by atoms with van der Waals surface area (Å²) in [6, 6.07) is 7.53. The summed E-state index contributed by atoms with van der Waals surface area (Å²) in [6.45, 7) is 4.67. The van der Waals surface area contributed by atoms with E-state index < -0.39 is 11.9 Å². The van der Waals surface area contributed by atoms with Gasteiger partial charge in [-0.25, -0.2) is 4.68 Å². The van der Waals surface area contributed by atoms with E-state index >= 15 is 0 Å². The minimum absolute atomic E-state index is 0.0784. The van der Waals surface area contributed by atoms with E-state index in [-0.39, 0.29) is 11.9 Å². The number of benzene rings is 1. The Balaban J connectivity index is 1.98. The van der Waals surface area contributed by atoms with Crippen molar-refractivity contribution in [3.8, 4) is 5.69 Å². The molecule has 0 aliphatic heterocycles. The van der Waals surface area contributed by atoms with Crippen LogP contribution in [0.15, 0.2) is 36.5 Å². The lowest BCUT2D eigenvalue weighted by Crippen LogP contribution is -2.41. The number of alkyl halides is 3. The lowest BCUT2D eigenvalue weighted by molar-refractivity contribution is -0.141. The summed E-state index contributed by atoms with van der Waals surface area (Å²) in [5.74, 6) is -0.0784. The predicted octanol–water partition coefficient (Wildman–Crippen LogP) is 2.51. The Hall–Kier alpha value is -2.35. The van der Waals surface area contributed by atoms with Gasteiger partial charge >= 0.3 is 6.18 Å². The van der Waals surface area contributed by atoms with Gasteiger partial charge in [0.2, 0.25) is 5.91 Å². The lowest BCUT2D eigenvalue weighted by atomic mass is 10.2. The van der Waals surface area contributed by atoms with Crippen LogP contribution in [0.25, 0.3) is 5.69 Å². The highest BCUT2D eigenvalue weighted by atomic mass is 19.4. The first kappa shape index (κ1) is 18.0. The Kier molecular flexibility index (Phi) is 5.61. The van der Waals surface area contributed by atoms with E-state index in [1.807, 2.05) is 6.92 Å². The van der Waals surface area contributed by atoms with Crippen LogP contribution in [0.1, 0.15) is 25.1 Å². The van der Waals surface area contributed by atoms with Crippen molar-refractivity contribution in [2.45, 2.75) is 32.6 Å². The summed E-state index contributed by atoms with van der Waals surface area (Å²) in [5.41, 5.74) is 0.521. The molecule has 0 bridgehead atoms. The SMILES string of the molecule is CCNC(=O)[C@H](C)NCc1ccc(-n2ccc(C(F)(F)F)n2)cc1. The molecule has 24 heavy (non-hydrogen) atoms. The molecule has 1 amide bonds. The van der Waals surface area contributed by atoms with Crippen molar-refractivity contribution in [2.24, 2.45) is 0 Å². The van der Waals surface area contributed by atoms with Crippen LogP contribution in [0.2, 0.25) is 0 Å². The fourth-order valence-electron chi connectivity index (χ4n) is 2.08. The van der Waals surface area contributed by atoms with Gasteiger partial charge < -0.3 is 10.6 Å². The summed E-state index contributed by atoms with van der Waals surface area (Å²) in [5, 5.41) is 9.33. The predicted molar refractivity (Wildman–Crippen MR) is 83.6 cm³/mol. The van der Waals surface area contributed by atoms with Gasteiger partial charge in [-0.2, -0.15) is 18.3 Å². The molecule has 1 heterocycles. The first-order chi connectivity index (χ1) is 11.3. The second-order valence-electron chi connectivity index (χ2n) is 5.31. The summed E-state index contributed by atoms with van der Waals surface area (Å²) in [7, 11) is 0. The van der Waals surface area contributed by atoms with E-state index in [2.05, 4.69) is 15.7 Å². The third-order valence-electron chi connectivity index (χ3n) is 3.44. The monoisotopic (exact) mass is 340 g/mol. The standard InChI is InChI=1S/C16H19F3N4O/c1-3-20-15(24)11(2)21-10-12-4-6-13(7-5-12)23-9-8-14(22-23)16(17,18)19/h4-9,11,21H,3,10H2,1-2H3,(H,20,24)/t11-/m0/s1. The van der Waals surface area contributed by atoms with Crippen molar-refractivity contribution in [3.63, 3.8) is 0 Å². The third-order valence-corrected chi connectivity index (χ3v) is 3.44. The van der Waals surface area contributed by atoms with E-state index in [4.69, 9.17) is 0 Å². The number of likely N-dealkylation sites (N-methyl/N-ethyl adjacent to an activating group) is 1. The molecular formula is C16H19F3N4O. The van der Waals surface area contributed by atoms with Gasteiger partial charge in [-0.05, 0) is 37.6 Å². The van der Waals surface area contributed by atoms with Gasteiger partial charge in [-0.3, -0.25) is 4.79 Å². The van der Waals surface area contributed by atoms with E-state index in [1.165, 1.54) is 10.9 Å². The second kappa shape index (κ2) is 7.48. The Morgan fingerprint density at radius 2 is 1.92 bits per heavy atom. The Morgan fingerprint density at radius 3 is 2.46 bits per heavy atom. The average molecular weight is 340 g/mol. The number of hydrogen-bond donors (Lipinski definition) is 2. The highest BCUT2D eigenvalue weighted by Crippen LogP contribution is 2.27. The van der Waals surface area contributed by atoms with E-state index in [0.29, 0.717) is 18.8 Å². The fourth-order valence-corrected chi connectivity index (χ4v) is 2.08. The number of hydrogen-bond acceptors (Lipinski definition) is 3. The fraction of sp³-hybridized carbons (Fsp3) is 0.375. The molecule has 0 saturated heterocycles. The largest absolute Gasteiger partial charge is 0.435 e. The molecule has 0 aliphatic rings. The van der Waals surface area contributed by atoms with Crippen LogP contribution in [-0.4, -0.2) is 28.3 Å². The number of rotatable bonds is 6. The van der Waals surface area contributed by atoms with Gasteiger partial charge in [0, 0.05) is 19.3 Å². The van der Waals surface area contributed by atoms with E-state index in [0.717, 1.165) is 11.6 Å². The van der Waals surface area contributed by atoms with Crippen LogP contribution in [-0.2, 0) is 17.5 Å². The van der Waals surface area contributed by atoms with Gasteiger partial charge in [0.15, 0.2) is 5.69 Å². The summed E-state index contributed by atoms with van der Waals surface area (Å²) in [4.78, 5) is 11.6. The zero-order chi connectivity index (χ0) is 17.7. The molecule has 2 aromatic rings. The van der Waals surface area contributed by atoms with Crippen LogP contribution >= 0.6 is 0 Å². The topological polar surface area (TPSA) is 59.0 Å². The summed E-state index contributed by atoms with van der Waals surface area (Å²) in [6.07, 6.45) is -3.18. The smallest absolute Gasteiger partial charge is 0.355 e. The molecule has 0 radical (unpaired) electrons. The summed E-state index contributed by atoms with van der Waals surface area (Å²) >= 11 is 0. The number of carbonyl (C=O) groups excluding carboxylic acids is 1. The first-order valence-electron chi connectivity index (χ1n) is 7.54. The number of carbonyl (C=O) groups is 1. The van der Waals surface area contributed by atoms with Crippen molar-refractivity contribution in [1.82, 2.24) is 20.4 Å². The Bertz CT molecular complexity index is 679. The van der Waals surface area contributed by atoms with Gasteiger partial charge in [0.1, 0.15) is 0 Å². The third kappa shape index (κ3) is 4.58. The Labute approximate surface area is 137 Å². The Morgan fingerprint density at radius 1 is 1.25 bits per heavy atom. The number of amides is 1. The molecular weight excluding hydrogens is 321 g/mol. The maximum Gasteiger partial charge on any atom is 0.435 e. The molecule has 0 unspecified atom stereocenters. The molecule has 1 aromatic heterocycles. The van der Waals surface area contributed by atoms with E-state index in [1.54, 1.807) is 31.2 Å². The molecule has 8 heteroatoms. The number of aromatic nitrogens is 2. The van der Waals surface area contributed by atoms with Gasteiger partial charge in [-0.1, -0.05) is 12.1 Å². The van der Waals surface area contributed by atoms with Crippen LogP contribution < -0.4 is 10.6 Å². The molecule has 130 valence electrons. The van der Waals surface area contributed by atoms with Crippen molar-refractivity contribution in [2.75, 3.05) is 6.54 Å². The maximum atomic E-state index is 12.6. The van der Waals surface area contributed by atoms with Crippen molar-refractivity contribution in [3.05, 3.63) is 47.8 Å². The molecule has 0 fully saturated rings. The minimum atomic E-state index is -4.45. The molecule has 0 spiro atoms. The van der Waals surface area contributed by atoms with Crippen LogP contribution in [0.3, 0.4) is 0 Å². The highest BCUT2D eigenvalue weighted by molar-refractivity contribution is 5.81. The lowest BCUT2D eigenvalue weighted by Gasteiger charge is -2.13. The van der Waals surface area contributed by atoms with Crippen LogP contribution in [0.4, 0.5) is 13.2 Å². The van der Waals surface area contributed by atoms with Gasteiger partial charge in [0.25, 0.3) is 0 Å². The van der Waals surface area contributed by atoms with Gasteiger partial charge in [0.05, 0.1) is 11.7 Å². The molecule has 2 N–H and O–H groups in total. The molecule has 0 saturated carbocycles. The first-order valence-corrected chi connectivity index (χ1v) is 7.54. The molecule has 1 atom stereocenters. The summed E-state index contributed by atoms with van der Waals surface area (Å²) < 4.78 is 38.9. The minimum Gasteiger partial charge on any atom is -0.355 e. The second-order valence-corrected chi connectivity index (χ2v) is 5.31. The quantitative estimate of drug-likeness (QED) is 0.849. The van der Waals surface area contributed by atoms with Gasteiger partial charge in [-0.15, -0.1) is 0 Å². The zero-order valence-corrected chi connectivity index (χ0v) is 13.4. The van der Waals surface area contributed by atoms with E-state index in [9.17, 15) is 18.0 Å². The van der Waals surface area contributed by atoms with Crippen molar-refractivity contribution in [1.29, 1.82) is 0 Å². The number of nitrogens with zero attached hydrogens (tertiary/aromatic N) is 2. The highest BCUT2D eigenvalue weighted by Gasteiger charge is 2.33. The van der Waals surface area contributed by atoms with Crippen molar-refractivity contribution >= 4 is 5.91 Å². The van der Waals surface area contributed by atoms with Crippen LogP contribution in [0, 0.1) is 0 Å². The zero-order valence-electron chi connectivity index (χ0n) is 13.4. The molecule has 5 nitrogen and oxygen atoms in total. The van der Waals surface area contributed by atoms with Crippen LogP contribution in [0.5, 0.6) is 0 Å². The number of halogens is 3. The molecule has 1 aromatic carbocycles. The maximum absolute atomic E-state index is 12.6. The number of nitrogens with one attached hydrogen (secondary N) is 2. The normalized spacial score (nSPS) is 12.9. The molecule has 0 aliphatic carbocycles. The average Bonchev–Trinajstić information content (AvgIpc) is 3.03. The molecule has 2 rings (SSSR count). The van der Waals surface area contributed by atoms with Crippen molar-refractivity contribution < 1.29 is 18.0 Å².